The number of pyridine rings is 1. The average molecular weight is 203 g/mol. The largest absolute Gasteiger partial charge is 0.504 e. The molecular weight excluding hydrogens is 190 g/mol. The number of hydrogen-bond acceptors (Lipinski definition) is 3. The number of aromatic hydroxyl groups is 1. The van der Waals surface area contributed by atoms with Crippen molar-refractivity contribution in [1.82, 2.24) is 14.7 Å². The molecule has 0 bridgehead atoms. The number of hydrogen-bond donors (Lipinski definition) is 2. The lowest BCUT2D eigenvalue weighted by Crippen LogP contribution is -2.07. The second-order valence-corrected chi connectivity index (χ2v) is 3.98. The minimum atomic E-state index is 0.245. The summed E-state index contributed by atoms with van der Waals surface area (Å²) in [6.45, 7) is 2.05. The number of fused-ring (bicyclic) bond motifs is 1. The van der Waals surface area contributed by atoms with Gasteiger partial charge in [0.1, 0.15) is 0 Å². The van der Waals surface area contributed by atoms with Crippen molar-refractivity contribution in [3.63, 3.8) is 0 Å². The summed E-state index contributed by atoms with van der Waals surface area (Å²) in [5.74, 6) is 0.735. The van der Waals surface area contributed by atoms with Crippen LogP contribution in [0.3, 0.4) is 0 Å². The van der Waals surface area contributed by atoms with Gasteiger partial charge in [-0.05, 0) is 25.1 Å². The highest BCUT2D eigenvalue weighted by Crippen LogP contribution is 2.24. The van der Waals surface area contributed by atoms with Crippen molar-refractivity contribution in [1.29, 1.82) is 0 Å². The van der Waals surface area contributed by atoms with Crippen LogP contribution in [-0.2, 0) is 0 Å². The third-order valence-electron chi connectivity index (χ3n) is 2.96. The predicted molar refractivity (Wildman–Crippen MR) is 57.1 cm³/mol. The minimum absolute atomic E-state index is 0.245. The number of aromatic nitrogens is 2. The first-order valence-corrected chi connectivity index (χ1v) is 5.22. The monoisotopic (exact) mass is 203 g/mol. The number of nitrogens with zero attached hydrogens (tertiary/aromatic N) is 2. The molecule has 1 aliphatic rings. The molecule has 4 heteroatoms. The Balaban J connectivity index is 2.09. The molecule has 1 atom stereocenters. The van der Waals surface area contributed by atoms with E-state index in [1.807, 2.05) is 22.9 Å². The molecule has 2 N–H and O–H groups in total. The van der Waals surface area contributed by atoms with E-state index < -0.39 is 0 Å². The maximum absolute atomic E-state index is 9.63. The smallest absolute Gasteiger partial charge is 0.179 e. The van der Waals surface area contributed by atoms with E-state index in [1.54, 1.807) is 6.07 Å². The molecule has 1 aliphatic heterocycles. The van der Waals surface area contributed by atoms with Gasteiger partial charge in [-0.15, -0.1) is 0 Å². The molecule has 3 rings (SSSR count). The van der Waals surface area contributed by atoms with Crippen LogP contribution in [0, 0.1) is 0 Å². The summed E-state index contributed by atoms with van der Waals surface area (Å²) in [5, 5.41) is 12.9. The SMILES string of the molecule is Oc1cccn2cc(C3CCNC3)nc12. The van der Waals surface area contributed by atoms with Gasteiger partial charge in [-0.25, -0.2) is 4.98 Å². The fraction of sp³-hybridized carbons (Fsp3) is 0.364. The standard InChI is InChI=1S/C11H13N3O/c15-10-2-1-5-14-7-9(13-11(10)14)8-3-4-12-6-8/h1-2,5,7-8,12,15H,3-4,6H2. The molecule has 0 radical (unpaired) electrons. The Kier molecular flexibility index (Phi) is 1.89. The lowest BCUT2D eigenvalue weighted by molar-refractivity contribution is 0.477. The van der Waals surface area contributed by atoms with Gasteiger partial charge in [-0.1, -0.05) is 0 Å². The summed E-state index contributed by atoms with van der Waals surface area (Å²) in [6, 6.07) is 3.49. The van der Waals surface area contributed by atoms with Gasteiger partial charge in [-0.3, -0.25) is 0 Å². The molecule has 0 aliphatic carbocycles. The van der Waals surface area contributed by atoms with Crippen LogP contribution in [0.1, 0.15) is 18.0 Å². The van der Waals surface area contributed by atoms with E-state index >= 15 is 0 Å². The van der Waals surface area contributed by atoms with Gasteiger partial charge in [0, 0.05) is 24.9 Å². The molecule has 0 amide bonds. The molecule has 1 saturated heterocycles. The van der Waals surface area contributed by atoms with Gasteiger partial charge in [0.2, 0.25) is 0 Å². The van der Waals surface area contributed by atoms with Crippen LogP contribution in [-0.4, -0.2) is 27.6 Å². The van der Waals surface area contributed by atoms with Crippen molar-refractivity contribution in [3.05, 3.63) is 30.2 Å². The van der Waals surface area contributed by atoms with E-state index in [0.29, 0.717) is 11.6 Å². The van der Waals surface area contributed by atoms with Gasteiger partial charge in [0.05, 0.1) is 5.69 Å². The van der Waals surface area contributed by atoms with Gasteiger partial charge in [0.25, 0.3) is 0 Å². The zero-order chi connectivity index (χ0) is 10.3. The van der Waals surface area contributed by atoms with Gasteiger partial charge >= 0.3 is 0 Å². The van der Waals surface area contributed by atoms with Crippen LogP contribution in [0.4, 0.5) is 0 Å². The fourth-order valence-electron chi connectivity index (χ4n) is 2.12. The van der Waals surface area contributed by atoms with Gasteiger partial charge in [-0.2, -0.15) is 0 Å². The average Bonchev–Trinajstić information content (AvgIpc) is 2.86. The van der Waals surface area contributed by atoms with Crippen molar-refractivity contribution in [2.75, 3.05) is 13.1 Å². The molecule has 0 aromatic carbocycles. The first-order valence-electron chi connectivity index (χ1n) is 5.22. The highest BCUT2D eigenvalue weighted by atomic mass is 16.3. The summed E-state index contributed by atoms with van der Waals surface area (Å²) in [5.41, 5.74) is 1.72. The Hall–Kier alpha value is -1.55. The molecule has 0 spiro atoms. The third kappa shape index (κ3) is 1.37. The maximum Gasteiger partial charge on any atom is 0.179 e. The quantitative estimate of drug-likeness (QED) is 0.730. The third-order valence-corrected chi connectivity index (χ3v) is 2.96. The molecular formula is C11H13N3O. The van der Waals surface area contributed by atoms with Crippen LogP contribution < -0.4 is 5.32 Å². The minimum Gasteiger partial charge on any atom is -0.504 e. The second-order valence-electron chi connectivity index (χ2n) is 3.98. The summed E-state index contributed by atoms with van der Waals surface area (Å²) in [7, 11) is 0. The van der Waals surface area contributed by atoms with Crippen molar-refractivity contribution in [2.24, 2.45) is 0 Å². The molecule has 15 heavy (non-hydrogen) atoms. The van der Waals surface area contributed by atoms with Crippen LogP contribution in [0.25, 0.3) is 5.65 Å². The number of rotatable bonds is 1. The Morgan fingerprint density at radius 1 is 1.53 bits per heavy atom. The second kappa shape index (κ2) is 3.24. The number of nitrogens with one attached hydrogen (secondary N) is 1. The first kappa shape index (κ1) is 8.73. The Bertz CT molecular complexity index is 486. The molecule has 1 unspecified atom stereocenters. The summed E-state index contributed by atoms with van der Waals surface area (Å²) >= 11 is 0. The Morgan fingerprint density at radius 2 is 2.47 bits per heavy atom. The van der Waals surface area contributed by atoms with Crippen LogP contribution in [0.15, 0.2) is 24.5 Å². The highest BCUT2D eigenvalue weighted by molar-refractivity contribution is 5.53. The lowest BCUT2D eigenvalue weighted by Gasteiger charge is -2.01. The van der Waals surface area contributed by atoms with Crippen molar-refractivity contribution >= 4 is 5.65 Å². The van der Waals surface area contributed by atoms with E-state index in [-0.39, 0.29) is 5.75 Å². The zero-order valence-electron chi connectivity index (χ0n) is 8.35. The lowest BCUT2D eigenvalue weighted by atomic mass is 10.1. The molecule has 0 saturated carbocycles. The van der Waals surface area contributed by atoms with Gasteiger partial charge in [0.15, 0.2) is 11.4 Å². The van der Waals surface area contributed by atoms with Crippen molar-refractivity contribution < 1.29 is 5.11 Å². The Labute approximate surface area is 87.6 Å². The highest BCUT2D eigenvalue weighted by Gasteiger charge is 2.19. The van der Waals surface area contributed by atoms with E-state index in [0.717, 1.165) is 25.2 Å². The van der Waals surface area contributed by atoms with Crippen molar-refractivity contribution in [2.45, 2.75) is 12.3 Å². The first-order chi connectivity index (χ1) is 7.34. The molecule has 2 aromatic rings. The predicted octanol–water partition coefficient (Wildman–Crippen LogP) is 1.12. The van der Waals surface area contributed by atoms with Crippen LogP contribution in [0.2, 0.25) is 0 Å². The van der Waals surface area contributed by atoms with E-state index in [1.165, 1.54) is 0 Å². The normalized spacial score (nSPS) is 21.2. The maximum atomic E-state index is 9.63. The molecule has 4 nitrogen and oxygen atoms in total. The van der Waals surface area contributed by atoms with Gasteiger partial charge < -0.3 is 14.8 Å². The molecule has 2 aromatic heterocycles. The molecule has 78 valence electrons. The Morgan fingerprint density at radius 3 is 3.20 bits per heavy atom. The molecule has 3 heterocycles. The summed E-state index contributed by atoms with van der Waals surface area (Å²) < 4.78 is 1.88. The zero-order valence-corrected chi connectivity index (χ0v) is 8.35. The topological polar surface area (TPSA) is 49.6 Å². The van der Waals surface area contributed by atoms with E-state index in [4.69, 9.17) is 0 Å². The van der Waals surface area contributed by atoms with E-state index in [9.17, 15) is 5.11 Å². The summed E-state index contributed by atoms with van der Waals surface area (Å²) in [4.78, 5) is 4.47. The van der Waals surface area contributed by atoms with Crippen LogP contribution >= 0.6 is 0 Å². The number of imidazole rings is 1. The van der Waals surface area contributed by atoms with Crippen LogP contribution in [0.5, 0.6) is 5.75 Å². The van der Waals surface area contributed by atoms with E-state index in [2.05, 4.69) is 10.3 Å². The van der Waals surface area contributed by atoms with Crippen molar-refractivity contribution in [3.8, 4) is 5.75 Å². The summed E-state index contributed by atoms with van der Waals surface area (Å²) in [6.07, 6.45) is 5.05. The fourth-order valence-corrected chi connectivity index (χ4v) is 2.12. The molecule has 1 fully saturated rings.